The van der Waals surface area contributed by atoms with Crippen molar-refractivity contribution in [3.8, 4) is 0 Å². The lowest BCUT2D eigenvalue weighted by atomic mass is 9.66. The molecule has 0 aromatic heterocycles. The number of benzene rings is 4. The molecule has 28 heteroatoms. The third kappa shape index (κ3) is 15.8. The van der Waals surface area contributed by atoms with Crippen molar-refractivity contribution in [2.75, 3.05) is 26.3 Å². The molecule has 2 aliphatic heterocycles. The van der Waals surface area contributed by atoms with Crippen LogP contribution in [0.1, 0.15) is 122 Å². The molecule has 0 saturated heterocycles. The normalized spacial score (nSPS) is 23.1. The second-order valence-corrected chi connectivity index (χ2v) is 19.9. The molecule has 4 aliphatic rings. The highest BCUT2D eigenvalue weighted by Crippen LogP contribution is 2.47. The third-order valence-corrected chi connectivity index (χ3v) is 14.8. The molecule has 4 aromatic carbocycles. The van der Waals surface area contributed by atoms with Crippen LogP contribution in [0.5, 0.6) is 0 Å². The van der Waals surface area contributed by atoms with Crippen LogP contribution >= 0.6 is 0 Å². The van der Waals surface area contributed by atoms with Crippen LogP contribution in [0.4, 0.5) is 52.7 Å². The Kier molecular flexibility index (Phi) is 19.5. The summed E-state index contributed by atoms with van der Waals surface area (Å²) >= 11 is 0. The molecular formula is C53H54F12N6O10. The van der Waals surface area contributed by atoms with Gasteiger partial charge in [0.25, 0.3) is 10.2 Å². The summed E-state index contributed by atoms with van der Waals surface area (Å²) in [4.78, 5) is 60.9. The molecule has 1 unspecified atom stereocenters. The van der Waals surface area contributed by atoms with E-state index in [0.717, 1.165) is 5.56 Å². The molecule has 2 heterocycles. The van der Waals surface area contributed by atoms with Gasteiger partial charge in [-0.3, -0.25) is 29.4 Å². The highest BCUT2D eigenvalue weighted by atomic mass is 19.4. The second-order valence-electron chi connectivity index (χ2n) is 19.9. The molecule has 0 spiro atoms. The third-order valence-electron chi connectivity index (χ3n) is 14.8. The first kappa shape index (κ1) is 62.8. The summed E-state index contributed by atoms with van der Waals surface area (Å²) in [5, 5.41) is 24.3. The standard InChI is InChI=1S/C27H27F6N3O5.C26H26F6N2O2.HNO3/c1-16(18-10-20(26(28,29)30)12-21(11-18)27(31,32)33)40-15-25(19-6-4-3-5-7-19)9-8-22(13-23(25)41-36(38)39)35-17(2)34-14-24(35)37;1-17(18-11-20(25(27,28)29)13-21(12-18)26(30,31)32)36-15-24(19-5-3-2-4-6-19)9-7-22(8-10-24)34-16-33-14-23(34)35;2-1(3)4/h3-7,10-12,16,22-23H,8-9,13-15H2,1-2H3;2-6,11-13,16-17,22H,7-10,14-15H2,1H3;(H,2,3,4)/t16-,22?,23+,25-;17-,22?,24?;/m11./s1. The van der Waals surface area contributed by atoms with E-state index in [2.05, 4.69) is 9.98 Å². The van der Waals surface area contributed by atoms with E-state index in [1.165, 1.54) is 18.7 Å². The van der Waals surface area contributed by atoms with Crippen LogP contribution in [0.2, 0.25) is 0 Å². The van der Waals surface area contributed by atoms with E-state index < -0.39 is 92.3 Å². The number of amides is 2. The summed E-state index contributed by atoms with van der Waals surface area (Å²) in [6, 6.07) is 20.3. The highest BCUT2D eigenvalue weighted by molar-refractivity contribution is 6.03. The van der Waals surface area contributed by atoms with E-state index in [4.69, 9.17) is 29.6 Å². The number of carbonyl (C=O) groups is 2. The Hall–Kier alpha value is -7.36. The monoisotopic (exact) mass is 1160 g/mol. The van der Waals surface area contributed by atoms with Crippen LogP contribution in [0.3, 0.4) is 0 Å². The molecule has 440 valence electrons. The molecule has 2 aliphatic carbocycles. The summed E-state index contributed by atoms with van der Waals surface area (Å²) in [5.74, 6) is 0.165. The largest absolute Gasteiger partial charge is 0.416 e. The van der Waals surface area contributed by atoms with Crippen LogP contribution in [-0.2, 0) is 59.4 Å². The SMILES string of the molecule is CC1=NCC(=O)N1C1CC[C@@](CO[C@H](C)c2cc(C(F)(F)F)cc(C(F)(F)F)c2)(c2ccccc2)[C@@H](O[N+](=O)[O-])C1.C[C@@H](OCC1(c2ccccc2)CCC(N2C=NCC2=O)CC1)c1cc(C(F)(F)F)cc(C(F)(F)F)c1.O=[N+]([O-])O. The molecule has 5 atom stereocenters. The fourth-order valence-electron chi connectivity index (χ4n) is 10.6. The maximum Gasteiger partial charge on any atom is 0.416 e. The predicted molar refractivity (Wildman–Crippen MR) is 263 cm³/mol. The molecule has 2 saturated carbocycles. The molecule has 0 bridgehead atoms. The molecule has 81 heavy (non-hydrogen) atoms. The minimum atomic E-state index is -5.03. The smallest absolute Gasteiger partial charge is 0.373 e. The van der Waals surface area contributed by atoms with Gasteiger partial charge in [-0.05, 0) is 124 Å². The summed E-state index contributed by atoms with van der Waals surface area (Å²) in [5.41, 5.74) is -6.35. The van der Waals surface area contributed by atoms with Crippen molar-refractivity contribution in [3.05, 3.63) is 162 Å². The minimum Gasteiger partial charge on any atom is -0.373 e. The fraction of sp³-hybridized carbons (Fsp3) is 0.472. The van der Waals surface area contributed by atoms with E-state index in [0.29, 0.717) is 67.8 Å². The van der Waals surface area contributed by atoms with Crippen molar-refractivity contribution in [3.63, 3.8) is 0 Å². The number of ether oxygens (including phenoxy) is 2. The number of carbonyl (C=O) groups excluding carboxylic acids is 2. The van der Waals surface area contributed by atoms with E-state index in [9.17, 15) is 72.4 Å². The van der Waals surface area contributed by atoms with Gasteiger partial charge in [-0.2, -0.15) is 52.7 Å². The zero-order valence-corrected chi connectivity index (χ0v) is 43.3. The first-order chi connectivity index (χ1) is 37.7. The Morgan fingerprint density at radius 3 is 1.47 bits per heavy atom. The van der Waals surface area contributed by atoms with Crippen molar-refractivity contribution in [2.45, 2.75) is 132 Å². The number of hydrogen-bond acceptors (Lipinski definition) is 11. The topological polar surface area (TPSA) is 200 Å². The van der Waals surface area contributed by atoms with Crippen molar-refractivity contribution >= 4 is 24.0 Å². The Balaban J connectivity index is 0.000000246. The number of nitrogens with zero attached hydrogens (tertiary/aromatic N) is 6. The van der Waals surface area contributed by atoms with E-state index in [1.807, 2.05) is 30.3 Å². The van der Waals surface area contributed by atoms with Crippen molar-refractivity contribution in [2.24, 2.45) is 9.98 Å². The average Bonchev–Trinajstić information content (AvgIpc) is 4.05. The zero-order valence-electron chi connectivity index (χ0n) is 43.3. The molecule has 0 radical (unpaired) electrons. The quantitative estimate of drug-likeness (QED) is 0.0720. The number of halogens is 12. The van der Waals surface area contributed by atoms with Crippen LogP contribution in [-0.4, -0.2) is 93.7 Å². The Morgan fingerprint density at radius 2 is 1.07 bits per heavy atom. The Bertz CT molecular complexity index is 2850. The molecule has 8 rings (SSSR count). The van der Waals surface area contributed by atoms with Crippen molar-refractivity contribution in [1.29, 1.82) is 0 Å². The Labute approximate surface area is 454 Å². The highest BCUT2D eigenvalue weighted by Gasteiger charge is 2.51. The second kappa shape index (κ2) is 25.2. The number of hydrogen-bond donors (Lipinski definition) is 1. The van der Waals surface area contributed by atoms with Gasteiger partial charge in [-0.1, -0.05) is 60.7 Å². The number of alkyl halides is 12. The van der Waals surface area contributed by atoms with Gasteiger partial charge in [-0.15, -0.1) is 20.2 Å². The van der Waals surface area contributed by atoms with Gasteiger partial charge in [0.1, 0.15) is 25.0 Å². The average molecular weight is 1160 g/mol. The van der Waals surface area contributed by atoms with Gasteiger partial charge in [0, 0.05) is 22.9 Å². The Morgan fingerprint density at radius 1 is 0.642 bits per heavy atom. The minimum absolute atomic E-state index is 0.00387. The molecule has 16 nitrogen and oxygen atoms in total. The van der Waals surface area contributed by atoms with Crippen molar-refractivity contribution in [1.82, 2.24) is 9.80 Å². The molecular weight excluding hydrogens is 1110 g/mol. The van der Waals surface area contributed by atoms with Gasteiger partial charge in [0.2, 0.25) is 11.8 Å². The van der Waals surface area contributed by atoms with Gasteiger partial charge in [0.15, 0.2) is 0 Å². The summed E-state index contributed by atoms with van der Waals surface area (Å²) < 4.78 is 172. The van der Waals surface area contributed by atoms with E-state index in [1.54, 1.807) is 48.5 Å². The maximum atomic E-state index is 13.4. The first-order valence-corrected chi connectivity index (χ1v) is 25.0. The van der Waals surface area contributed by atoms with E-state index in [-0.39, 0.29) is 80.3 Å². The van der Waals surface area contributed by atoms with Gasteiger partial charge >= 0.3 is 24.7 Å². The molecule has 2 amide bonds. The van der Waals surface area contributed by atoms with Crippen LogP contribution in [0.25, 0.3) is 0 Å². The lowest BCUT2D eigenvalue weighted by Crippen LogP contribution is -2.55. The van der Waals surface area contributed by atoms with E-state index >= 15 is 0 Å². The van der Waals surface area contributed by atoms with Crippen LogP contribution in [0, 0.1) is 20.2 Å². The summed E-state index contributed by atoms with van der Waals surface area (Å²) in [7, 11) is 0. The fourth-order valence-corrected chi connectivity index (χ4v) is 10.6. The van der Waals surface area contributed by atoms with Crippen LogP contribution in [0.15, 0.2) is 107 Å². The summed E-state index contributed by atoms with van der Waals surface area (Å²) in [6.45, 7) is 4.32. The first-order valence-electron chi connectivity index (χ1n) is 25.0. The lowest BCUT2D eigenvalue weighted by molar-refractivity contribution is -0.772. The number of rotatable bonds is 14. The summed E-state index contributed by atoms with van der Waals surface area (Å²) in [6.07, 6.45) is -18.5. The molecule has 2 fully saturated rings. The zero-order chi connectivity index (χ0) is 59.9. The lowest BCUT2D eigenvalue weighted by Gasteiger charge is -2.47. The number of aliphatic imine (C=N–C) groups is 2. The number of amidine groups is 1. The van der Waals surface area contributed by atoms with Crippen LogP contribution < -0.4 is 0 Å². The predicted octanol–water partition coefficient (Wildman–Crippen LogP) is 12.3. The van der Waals surface area contributed by atoms with Gasteiger partial charge < -0.3 is 19.5 Å². The maximum absolute atomic E-state index is 13.4. The molecule has 1 N–H and O–H groups in total. The van der Waals surface area contributed by atoms with Gasteiger partial charge in [0.05, 0.1) is 54.0 Å². The van der Waals surface area contributed by atoms with Crippen molar-refractivity contribution < 1.29 is 92.0 Å². The molecule has 4 aromatic rings. The van der Waals surface area contributed by atoms with Gasteiger partial charge in [-0.25, -0.2) is 0 Å².